The Labute approximate surface area is 149 Å². The van der Waals surface area contributed by atoms with Gasteiger partial charge < -0.3 is 10.6 Å². The first-order valence-corrected chi connectivity index (χ1v) is 8.73. The number of hydrogen-bond donors (Lipinski definition) is 2. The summed E-state index contributed by atoms with van der Waals surface area (Å²) in [5.41, 5.74) is 2.37. The van der Waals surface area contributed by atoms with Gasteiger partial charge >= 0.3 is 0 Å². The van der Waals surface area contributed by atoms with Crippen LogP contribution in [0, 0.1) is 5.92 Å². The van der Waals surface area contributed by atoms with E-state index in [2.05, 4.69) is 36.6 Å². The van der Waals surface area contributed by atoms with Crippen molar-refractivity contribution in [3.05, 3.63) is 70.7 Å². The van der Waals surface area contributed by atoms with Crippen molar-refractivity contribution < 1.29 is 4.79 Å². The molecule has 0 aromatic heterocycles. The Bertz CT molecular complexity index is 626. The quantitative estimate of drug-likeness (QED) is 0.760. The van der Waals surface area contributed by atoms with Crippen molar-refractivity contribution in [3.63, 3.8) is 0 Å². The molecule has 0 saturated heterocycles. The molecule has 0 heterocycles. The highest BCUT2D eigenvalue weighted by Crippen LogP contribution is 2.22. The van der Waals surface area contributed by atoms with Crippen molar-refractivity contribution in [1.29, 1.82) is 0 Å². The molecule has 0 spiro atoms. The number of halogens is 1. The van der Waals surface area contributed by atoms with Crippen LogP contribution in [0.1, 0.15) is 31.0 Å². The lowest BCUT2D eigenvalue weighted by molar-refractivity contribution is -0.120. The Balaban J connectivity index is 1.79. The molecule has 128 valence electrons. The molecule has 0 bridgehead atoms. The van der Waals surface area contributed by atoms with Crippen LogP contribution in [-0.2, 0) is 11.2 Å². The molecule has 2 aromatic rings. The molecule has 3 nitrogen and oxygen atoms in total. The maximum Gasteiger partial charge on any atom is 0.233 e. The molecule has 2 rings (SSSR count). The van der Waals surface area contributed by atoms with Gasteiger partial charge in [0.25, 0.3) is 0 Å². The van der Waals surface area contributed by atoms with Gasteiger partial charge in [-0.05, 0) is 35.6 Å². The van der Waals surface area contributed by atoms with E-state index in [1.807, 2.05) is 42.5 Å². The second-order valence-electron chi connectivity index (χ2n) is 6.24. The van der Waals surface area contributed by atoms with E-state index in [1.165, 1.54) is 5.56 Å². The van der Waals surface area contributed by atoms with Gasteiger partial charge in [-0.25, -0.2) is 0 Å². The minimum absolute atomic E-state index is 0.0190. The fraction of sp³-hybridized carbons (Fsp3) is 0.350. The average molecular weight is 345 g/mol. The van der Waals surface area contributed by atoms with Crippen molar-refractivity contribution >= 4 is 17.5 Å². The third-order valence-electron chi connectivity index (χ3n) is 3.96. The standard InChI is InChI=1S/C20H25ClN2O/c1-15(2)20(17-8-10-18(21)11-9-17)23-14-19(24)22-13-12-16-6-4-3-5-7-16/h3-11,15,20,23H,12-14H2,1-2H3,(H,22,24). The molecule has 4 heteroatoms. The summed E-state index contributed by atoms with van der Waals surface area (Å²) in [7, 11) is 0. The van der Waals surface area contributed by atoms with Crippen LogP contribution < -0.4 is 10.6 Å². The van der Waals surface area contributed by atoms with Crippen LogP contribution in [0.3, 0.4) is 0 Å². The molecule has 1 amide bonds. The monoisotopic (exact) mass is 344 g/mol. The molecule has 0 saturated carbocycles. The SMILES string of the molecule is CC(C)C(NCC(=O)NCCc1ccccc1)c1ccc(Cl)cc1. The summed E-state index contributed by atoms with van der Waals surface area (Å²) < 4.78 is 0. The van der Waals surface area contributed by atoms with E-state index < -0.39 is 0 Å². The van der Waals surface area contributed by atoms with Gasteiger partial charge in [0.05, 0.1) is 6.54 Å². The first-order chi connectivity index (χ1) is 11.6. The van der Waals surface area contributed by atoms with Gasteiger partial charge in [0.2, 0.25) is 5.91 Å². The van der Waals surface area contributed by atoms with Crippen molar-refractivity contribution in [2.45, 2.75) is 26.3 Å². The zero-order valence-electron chi connectivity index (χ0n) is 14.3. The highest BCUT2D eigenvalue weighted by atomic mass is 35.5. The summed E-state index contributed by atoms with van der Waals surface area (Å²) in [5.74, 6) is 0.397. The van der Waals surface area contributed by atoms with Crippen molar-refractivity contribution in [1.82, 2.24) is 10.6 Å². The predicted octanol–water partition coefficient (Wildman–Crippen LogP) is 3.99. The van der Waals surface area contributed by atoms with Crippen LogP contribution in [0.4, 0.5) is 0 Å². The number of amides is 1. The molecule has 0 radical (unpaired) electrons. The van der Waals surface area contributed by atoms with Gasteiger partial charge in [-0.3, -0.25) is 4.79 Å². The summed E-state index contributed by atoms with van der Waals surface area (Å²) in [6.07, 6.45) is 0.845. The van der Waals surface area contributed by atoms with E-state index in [4.69, 9.17) is 11.6 Å². The van der Waals surface area contributed by atoms with E-state index >= 15 is 0 Å². The molecule has 2 N–H and O–H groups in total. The van der Waals surface area contributed by atoms with Gasteiger partial charge in [0.15, 0.2) is 0 Å². The van der Waals surface area contributed by atoms with Crippen molar-refractivity contribution in [3.8, 4) is 0 Å². The minimum atomic E-state index is 0.0190. The summed E-state index contributed by atoms with van der Waals surface area (Å²) in [6.45, 7) is 5.23. The normalized spacial score (nSPS) is 12.2. The number of carbonyl (C=O) groups is 1. The number of hydrogen-bond acceptors (Lipinski definition) is 2. The molecular weight excluding hydrogens is 320 g/mol. The number of carbonyl (C=O) groups excluding carboxylic acids is 1. The second kappa shape index (κ2) is 9.45. The Morgan fingerprint density at radius 1 is 1.04 bits per heavy atom. The zero-order valence-corrected chi connectivity index (χ0v) is 15.0. The maximum absolute atomic E-state index is 12.1. The van der Waals surface area contributed by atoms with Crippen molar-refractivity contribution in [2.75, 3.05) is 13.1 Å². The molecule has 0 aliphatic heterocycles. The summed E-state index contributed by atoms with van der Waals surface area (Å²) >= 11 is 5.95. The van der Waals surface area contributed by atoms with E-state index in [9.17, 15) is 4.79 Å². The van der Waals surface area contributed by atoms with E-state index in [1.54, 1.807) is 0 Å². The van der Waals surface area contributed by atoms with Crippen molar-refractivity contribution in [2.24, 2.45) is 5.92 Å². The summed E-state index contributed by atoms with van der Waals surface area (Å²) in [4.78, 5) is 12.1. The Morgan fingerprint density at radius 3 is 2.33 bits per heavy atom. The van der Waals surface area contributed by atoms with Crippen LogP contribution in [-0.4, -0.2) is 19.0 Å². The molecule has 2 aromatic carbocycles. The zero-order chi connectivity index (χ0) is 17.4. The van der Waals surface area contributed by atoms with Crippen LogP contribution >= 0.6 is 11.6 Å². The second-order valence-corrected chi connectivity index (χ2v) is 6.68. The third kappa shape index (κ3) is 5.99. The molecular formula is C20H25ClN2O. The lowest BCUT2D eigenvalue weighted by atomic mass is 9.96. The lowest BCUT2D eigenvalue weighted by Crippen LogP contribution is -2.38. The number of nitrogens with one attached hydrogen (secondary N) is 2. The average Bonchev–Trinajstić information content (AvgIpc) is 2.57. The van der Waals surface area contributed by atoms with E-state index in [-0.39, 0.29) is 11.9 Å². The Hall–Kier alpha value is -1.84. The van der Waals surface area contributed by atoms with Gasteiger partial charge in [-0.2, -0.15) is 0 Å². The largest absolute Gasteiger partial charge is 0.355 e. The fourth-order valence-corrected chi connectivity index (χ4v) is 2.79. The highest BCUT2D eigenvalue weighted by molar-refractivity contribution is 6.30. The smallest absolute Gasteiger partial charge is 0.233 e. The van der Waals surface area contributed by atoms with Crippen LogP contribution in [0.25, 0.3) is 0 Å². The van der Waals surface area contributed by atoms with Gasteiger partial charge in [-0.15, -0.1) is 0 Å². The van der Waals surface area contributed by atoms with Gasteiger partial charge in [0, 0.05) is 17.6 Å². The third-order valence-corrected chi connectivity index (χ3v) is 4.21. The molecule has 1 atom stereocenters. The van der Waals surface area contributed by atoms with Gasteiger partial charge in [0.1, 0.15) is 0 Å². The molecule has 24 heavy (non-hydrogen) atoms. The van der Waals surface area contributed by atoms with Crippen LogP contribution in [0.5, 0.6) is 0 Å². The Kier molecular flexibility index (Phi) is 7.29. The molecule has 0 aliphatic rings. The number of rotatable bonds is 8. The first-order valence-electron chi connectivity index (χ1n) is 8.35. The summed E-state index contributed by atoms with van der Waals surface area (Å²) in [5, 5.41) is 7.03. The number of benzene rings is 2. The summed E-state index contributed by atoms with van der Waals surface area (Å²) in [6, 6.07) is 18.1. The maximum atomic E-state index is 12.1. The lowest BCUT2D eigenvalue weighted by Gasteiger charge is -2.23. The van der Waals surface area contributed by atoms with Crippen LogP contribution in [0.15, 0.2) is 54.6 Å². The fourth-order valence-electron chi connectivity index (χ4n) is 2.66. The molecule has 0 fully saturated rings. The Morgan fingerprint density at radius 2 is 1.71 bits per heavy atom. The topological polar surface area (TPSA) is 41.1 Å². The molecule has 1 unspecified atom stereocenters. The van der Waals surface area contributed by atoms with E-state index in [0.29, 0.717) is 19.0 Å². The van der Waals surface area contributed by atoms with E-state index in [0.717, 1.165) is 17.0 Å². The first kappa shape index (κ1) is 18.5. The minimum Gasteiger partial charge on any atom is -0.355 e. The van der Waals surface area contributed by atoms with Gasteiger partial charge in [-0.1, -0.05) is 67.9 Å². The molecule has 0 aliphatic carbocycles. The highest BCUT2D eigenvalue weighted by Gasteiger charge is 2.16. The van der Waals surface area contributed by atoms with Crippen LogP contribution in [0.2, 0.25) is 5.02 Å². The predicted molar refractivity (Wildman–Crippen MR) is 100 cm³/mol.